The zero-order chi connectivity index (χ0) is 33.1. The number of anilines is 1. The molecule has 2 aromatic heterocycles. The molecule has 3 fully saturated rings. The zero-order valence-electron chi connectivity index (χ0n) is 27.7. The van der Waals surface area contributed by atoms with Crippen molar-refractivity contribution in [1.29, 1.82) is 0 Å². The summed E-state index contributed by atoms with van der Waals surface area (Å²) in [6.07, 6.45) is 5.71. The van der Waals surface area contributed by atoms with Gasteiger partial charge in [0.25, 0.3) is 0 Å². The number of benzene rings is 2. The Kier molecular flexibility index (Phi) is 8.15. The summed E-state index contributed by atoms with van der Waals surface area (Å²) in [5.74, 6) is -0.0212. The monoisotopic (exact) mass is 660 g/mol. The molecule has 47 heavy (non-hydrogen) atoms. The largest absolute Gasteiger partial charge is 0.461 e. The first-order valence-electron chi connectivity index (χ1n) is 16.6. The summed E-state index contributed by atoms with van der Waals surface area (Å²) in [6, 6.07) is 11.0. The summed E-state index contributed by atoms with van der Waals surface area (Å²) in [5, 5.41) is 2.63. The van der Waals surface area contributed by atoms with Crippen LogP contribution >= 0.6 is 11.6 Å². The molecular weight excluding hydrogens is 619 g/mol. The van der Waals surface area contributed by atoms with Gasteiger partial charge in [0, 0.05) is 35.3 Å². The van der Waals surface area contributed by atoms with Gasteiger partial charge < -0.3 is 14.4 Å². The van der Waals surface area contributed by atoms with Crippen LogP contribution in [0.3, 0.4) is 0 Å². The fraction of sp³-hybridized carbons (Fsp3) is 0.500. The maximum Gasteiger partial charge on any atom is 0.410 e. The van der Waals surface area contributed by atoms with Crippen molar-refractivity contribution in [3.05, 3.63) is 53.4 Å². The van der Waals surface area contributed by atoms with E-state index < -0.39 is 11.4 Å². The molecule has 3 aliphatic heterocycles. The topological polar surface area (TPSA) is 83.9 Å². The van der Waals surface area contributed by atoms with Crippen molar-refractivity contribution < 1.29 is 18.7 Å². The van der Waals surface area contributed by atoms with Crippen molar-refractivity contribution in [2.24, 2.45) is 0 Å². The maximum absolute atomic E-state index is 16.8. The predicted octanol–water partition coefficient (Wildman–Crippen LogP) is 7.48. The minimum Gasteiger partial charge on any atom is -0.461 e. The molecule has 9 nitrogen and oxygen atoms in total. The van der Waals surface area contributed by atoms with E-state index in [9.17, 15) is 4.79 Å². The molecule has 11 heteroatoms. The second-order valence-corrected chi connectivity index (χ2v) is 14.8. The second kappa shape index (κ2) is 12.0. The molecule has 2 atom stereocenters. The van der Waals surface area contributed by atoms with Crippen LogP contribution in [-0.4, -0.2) is 86.9 Å². The van der Waals surface area contributed by atoms with Crippen LogP contribution in [-0.2, 0) is 4.74 Å². The minimum absolute atomic E-state index is 0.0256. The first-order valence-corrected chi connectivity index (χ1v) is 17.0. The van der Waals surface area contributed by atoms with E-state index >= 15 is 4.39 Å². The highest BCUT2D eigenvalue weighted by Gasteiger charge is 2.45. The molecular formula is C36H42ClFN6O3. The van der Waals surface area contributed by atoms with Gasteiger partial charge in [-0.1, -0.05) is 41.9 Å². The van der Waals surface area contributed by atoms with Crippen molar-refractivity contribution in [2.75, 3.05) is 37.7 Å². The van der Waals surface area contributed by atoms with E-state index in [4.69, 9.17) is 31.0 Å². The molecule has 0 unspecified atom stereocenters. The van der Waals surface area contributed by atoms with Crippen LogP contribution in [0.25, 0.3) is 32.9 Å². The normalized spacial score (nSPS) is 21.4. The summed E-state index contributed by atoms with van der Waals surface area (Å²) in [7, 11) is 0. The number of pyridine rings is 1. The van der Waals surface area contributed by atoms with Gasteiger partial charge in [0.15, 0.2) is 5.82 Å². The van der Waals surface area contributed by atoms with Gasteiger partial charge in [-0.25, -0.2) is 9.18 Å². The average Bonchev–Trinajstić information content (AvgIpc) is 3.59. The number of aromatic nitrogens is 3. The number of nitrogens with zero attached hydrogens (tertiary/aromatic N) is 6. The number of halogens is 2. The lowest BCUT2D eigenvalue weighted by molar-refractivity contribution is 0.00560. The molecule has 0 spiro atoms. The van der Waals surface area contributed by atoms with Crippen molar-refractivity contribution in [3.8, 4) is 17.3 Å². The van der Waals surface area contributed by atoms with Crippen LogP contribution in [0, 0.1) is 5.82 Å². The van der Waals surface area contributed by atoms with Gasteiger partial charge in [-0.2, -0.15) is 9.97 Å². The van der Waals surface area contributed by atoms with E-state index in [0.717, 1.165) is 49.5 Å². The summed E-state index contributed by atoms with van der Waals surface area (Å²) < 4.78 is 29.0. The summed E-state index contributed by atoms with van der Waals surface area (Å²) >= 11 is 6.64. The average molecular weight is 661 g/mol. The second-order valence-electron chi connectivity index (χ2n) is 14.4. The summed E-state index contributed by atoms with van der Waals surface area (Å²) in [6.45, 7) is 13.1. The number of hydrogen-bond donors (Lipinski definition) is 0. The van der Waals surface area contributed by atoms with Crippen LogP contribution in [0.15, 0.2) is 42.6 Å². The fourth-order valence-corrected chi connectivity index (χ4v) is 8.12. The molecule has 1 amide bonds. The smallest absolute Gasteiger partial charge is 0.410 e. The van der Waals surface area contributed by atoms with E-state index in [1.807, 2.05) is 65.0 Å². The Morgan fingerprint density at radius 1 is 1.04 bits per heavy atom. The molecule has 5 heterocycles. The highest BCUT2D eigenvalue weighted by molar-refractivity contribution is 6.36. The van der Waals surface area contributed by atoms with E-state index in [1.54, 1.807) is 17.2 Å². The minimum atomic E-state index is -0.605. The van der Waals surface area contributed by atoms with Crippen LogP contribution in [0.2, 0.25) is 5.02 Å². The first kappa shape index (κ1) is 31.8. The molecule has 248 valence electrons. The lowest BCUT2D eigenvalue weighted by Gasteiger charge is -2.45. The predicted molar refractivity (Wildman–Crippen MR) is 183 cm³/mol. The van der Waals surface area contributed by atoms with Gasteiger partial charge in [0.05, 0.1) is 23.0 Å². The Bertz CT molecular complexity index is 1820. The van der Waals surface area contributed by atoms with Crippen molar-refractivity contribution in [2.45, 2.75) is 83.5 Å². The highest BCUT2D eigenvalue weighted by atomic mass is 35.5. The van der Waals surface area contributed by atoms with Crippen LogP contribution in [0.4, 0.5) is 15.0 Å². The third-order valence-electron chi connectivity index (χ3n) is 9.86. The molecule has 0 radical (unpaired) electrons. The van der Waals surface area contributed by atoms with E-state index in [0.29, 0.717) is 41.5 Å². The molecule has 3 aliphatic rings. The van der Waals surface area contributed by atoms with Gasteiger partial charge in [-0.05, 0) is 84.8 Å². The lowest BCUT2D eigenvalue weighted by Crippen LogP contribution is -2.59. The molecule has 0 saturated carbocycles. The Morgan fingerprint density at radius 2 is 1.72 bits per heavy atom. The third kappa shape index (κ3) is 5.84. The van der Waals surface area contributed by atoms with Crippen LogP contribution in [0.5, 0.6) is 6.01 Å². The molecule has 0 N–H and O–H groups in total. The number of hydrogen-bond acceptors (Lipinski definition) is 8. The Hall–Kier alpha value is -3.76. The van der Waals surface area contributed by atoms with E-state index in [2.05, 4.69) is 14.8 Å². The molecule has 0 aliphatic carbocycles. The lowest BCUT2D eigenvalue weighted by atomic mass is 9.95. The SMILES string of the molecule is C[C@H]1CN(c2nc(OCC34CCCN3CCC4)nc3c(F)c(-c4cccc5cccc(Cl)c45)ncc23)C[C@H](C)N1C(=O)OC(C)(C)C. The number of ether oxygens (including phenoxy) is 2. The van der Waals surface area contributed by atoms with Crippen LogP contribution in [0.1, 0.15) is 60.3 Å². The number of carbonyl (C=O) groups is 1. The molecule has 2 aromatic carbocycles. The standard InChI is InChI=1S/C36H42ClFN6O3/c1-22-19-42(20-23(2)44(22)34(45)47-35(3,4)5)32-26-18-39-30(25-12-6-10-24-11-7-13-27(37)28(24)25)29(38)31(26)40-33(41-32)46-21-36-14-8-16-43(36)17-9-15-36/h6-7,10-13,18,22-23H,8-9,14-17,19-21H2,1-5H3/t22-,23-/m0/s1. The third-order valence-corrected chi connectivity index (χ3v) is 10.2. The summed E-state index contributed by atoms with van der Waals surface area (Å²) in [4.78, 5) is 33.8. The fourth-order valence-electron chi connectivity index (χ4n) is 7.84. The van der Waals surface area contributed by atoms with Gasteiger partial charge in [0.1, 0.15) is 29.2 Å². The molecule has 0 bridgehead atoms. The number of rotatable bonds is 5. The van der Waals surface area contributed by atoms with E-state index in [-0.39, 0.29) is 40.9 Å². The quantitative estimate of drug-likeness (QED) is 0.218. The number of piperazine rings is 1. The maximum atomic E-state index is 16.8. The zero-order valence-corrected chi connectivity index (χ0v) is 28.5. The van der Waals surface area contributed by atoms with Crippen LogP contribution < -0.4 is 9.64 Å². The van der Waals surface area contributed by atoms with Crippen molar-refractivity contribution >= 4 is 45.2 Å². The number of amides is 1. The highest BCUT2D eigenvalue weighted by Crippen LogP contribution is 2.41. The number of carbonyl (C=O) groups excluding carboxylic acids is 1. The Labute approximate surface area is 280 Å². The van der Waals surface area contributed by atoms with Crippen molar-refractivity contribution in [1.82, 2.24) is 24.8 Å². The molecule has 4 aromatic rings. The van der Waals surface area contributed by atoms with Crippen molar-refractivity contribution in [3.63, 3.8) is 0 Å². The van der Waals surface area contributed by atoms with Gasteiger partial charge in [0.2, 0.25) is 0 Å². The van der Waals surface area contributed by atoms with Gasteiger partial charge in [-0.3, -0.25) is 14.8 Å². The number of fused-ring (bicyclic) bond motifs is 3. The summed E-state index contributed by atoms with van der Waals surface area (Å²) in [5.41, 5.74) is 0.268. The van der Waals surface area contributed by atoms with Gasteiger partial charge >= 0.3 is 12.1 Å². The van der Waals surface area contributed by atoms with Gasteiger partial charge in [-0.15, -0.1) is 0 Å². The first-order chi connectivity index (χ1) is 22.4. The molecule has 3 saturated heterocycles. The Balaban J connectivity index is 1.30. The van der Waals surface area contributed by atoms with E-state index in [1.165, 1.54) is 0 Å². The Morgan fingerprint density at radius 3 is 2.40 bits per heavy atom. The molecule has 7 rings (SSSR count).